The Morgan fingerprint density at radius 3 is 2.50 bits per heavy atom. The van der Waals surface area contributed by atoms with Crippen molar-refractivity contribution in [2.45, 2.75) is 49.9 Å². The molecule has 1 saturated carbocycles. The molecule has 0 aromatic rings. The van der Waals surface area contributed by atoms with Crippen LogP contribution in [0.2, 0.25) is 0 Å². The maximum absolute atomic E-state index is 12.0. The van der Waals surface area contributed by atoms with Crippen molar-refractivity contribution in [1.82, 2.24) is 5.32 Å². The van der Waals surface area contributed by atoms with E-state index in [1.54, 1.807) is 0 Å². The molecular weight excluding hydrogens is 226 g/mol. The van der Waals surface area contributed by atoms with Gasteiger partial charge in [0.15, 0.2) is 0 Å². The van der Waals surface area contributed by atoms with Crippen molar-refractivity contribution in [3.63, 3.8) is 0 Å². The van der Waals surface area contributed by atoms with Gasteiger partial charge in [0.25, 0.3) is 0 Å². The maximum atomic E-state index is 12.0. The molecule has 1 amide bonds. The molecule has 1 heterocycles. The van der Waals surface area contributed by atoms with Gasteiger partial charge in [0.2, 0.25) is 5.91 Å². The minimum atomic E-state index is 0.123. The van der Waals surface area contributed by atoms with Crippen molar-refractivity contribution < 1.29 is 9.53 Å². The molecule has 0 radical (unpaired) electrons. The number of amides is 1. The highest BCUT2D eigenvalue weighted by Crippen LogP contribution is 2.24. The minimum Gasteiger partial charge on any atom is -0.381 e. The van der Waals surface area contributed by atoms with Crippen LogP contribution in [-0.2, 0) is 9.53 Å². The monoisotopic (exact) mass is 245 g/mol. The average Bonchev–Trinajstić information content (AvgIpc) is 2.33. The summed E-state index contributed by atoms with van der Waals surface area (Å²) in [6, 6.07) is 0.186. The zero-order valence-corrected chi connectivity index (χ0v) is 10.3. The summed E-state index contributed by atoms with van der Waals surface area (Å²) in [6.45, 7) is 1.43. The second kappa shape index (κ2) is 5.87. The molecule has 0 aromatic heterocycles. The normalized spacial score (nSPS) is 32.3. The lowest BCUT2D eigenvalue weighted by Gasteiger charge is -2.30. The molecule has 16 heavy (non-hydrogen) atoms. The number of alkyl halides is 1. The summed E-state index contributed by atoms with van der Waals surface area (Å²) in [5.74, 6) is 0.320. The van der Waals surface area contributed by atoms with Gasteiger partial charge in [-0.05, 0) is 25.7 Å². The van der Waals surface area contributed by atoms with Crippen LogP contribution in [0.1, 0.15) is 38.5 Å². The molecule has 1 saturated heterocycles. The number of halogens is 1. The Balaban J connectivity index is 1.80. The van der Waals surface area contributed by atoms with E-state index in [1.165, 1.54) is 12.8 Å². The number of carbonyl (C=O) groups is 1. The molecule has 2 aliphatic rings. The first-order chi connectivity index (χ1) is 7.77. The number of hydrogen-bond donors (Lipinski definition) is 1. The highest BCUT2D eigenvalue weighted by Gasteiger charge is 2.28. The van der Waals surface area contributed by atoms with Crippen LogP contribution in [0.4, 0.5) is 0 Å². The Kier molecular flexibility index (Phi) is 4.47. The molecule has 2 atom stereocenters. The lowest BCUT2D eigenvalue weighted by atomic mass is 9.93. The summed E-state index contributed by atoms with van der Waals surface area (Å²) >= 11 is 6.23. The Morgan fingerprint density at radius 2 is 1.81 bits per heavy atom. The van der Waals surface area contributed by atoms with Crippen molar-refractivity contribution in [3.05, 3.63) is 0 Å². The van der Waals surface area contributed by atoms with Crippen LogP contribution in [0.5, 0.6) is 0 Å². The van der Waals surface area contributed by atoms with E-state index in [9.17, 15) is 4.79 Å². The molecular formula is C12H20ClNO2. The smallest absolute Gasteiger partial charge is 0.223 e. The second-order valence-electron chi connectivity index (χ2n) is 4.80. The highest BCUT2D eigenvalue weighted by molar-refractivity contribution is 6.21. The highest BCUT2D eigenvalue weighted by atomic mass is 35.5. The third kappa shape index (κ3) is 3.11. The van der Waals surface area contributed by atoms with E-state index in [1.807, 2.05) is 0 Å². The molecule has 1 aliphatic heterocycles. The molecule has 0 bridgehead atoms. The number of nitrogens with one attached hydrogen (secondary N) is 1. The van der Waals surface area contributed by atoms with Crippen LogP contribution in [0.15, 0.2) is 0 Å². The van der Waals surface area contributed by atoms with Gasteiger partial charge in [0.05, 0.1) is 5.38 Å². The standard InChI is InChI=1S/C12H20ClNO2/c13-10-3-1-2-4-11(10)14-12(15)9-5-7-16-8-6-9/h9-11H,1-8H2,(H,14,15). The molecule has 0 spiro atoms. The number of ether oxygens (including phenoxy) is 1. The van der Waals surface area contributed by atoms with Crippen molar-refractivity contribution in [3.8, 4) is 0 Å². The molecule has 1 aliphatic carbocycles. The predicted molar refractivity (Wildman–Crippen MR) is 63.6 cm³/mol. The van der Waals surface area contributed by atoms with Gasteiger partial charge in [-0.25, -0.2) is 0 Å². The first kappa shape index (κ1) is 12.2. The molecule has 2 unspecified atom stereocenters. The van der Waals surface area contributed by atoms with Crippen LogP contribution < -0.4 is 5.32 Å². The minimum absolute atomic E-state index is 0.123. The fourth-order valence-corrected chi connectivity index (χ4v) is 2.85. The Bertz CT molecular complexity index is 241. The fraction of sp³-hybridized carbons (Fsp3) is 0.917. The third-order valence-corrected chi connectivity index (χ3v) is 4.12. The Morgan fingerprint density at radius 1 is 1.12 bits per heavy atom. The van der Waals surface area contributed by atoms with E-state index in [0.717, 1.165) is 25.7 Å². The van der Waals surface area contributed by atoms with Crippen LogP contribution in [0.3, 0.4) is 0 Å². The molecule has 0 aromatic carbocycles. The van der Waals surface area contributed by atoms with Gasteiger partial charge in [-0.1, -0.05) is 12.8 Å². The largest absolute Gasteiger partial charge is 0.381 e. The summed E-state index contributed by atoms with van der Waals surface area (Å²) in [6.07, 6.45) is 6.14. The van der Waals surface area contributed by atoms with Gasteiger partial charge in [-0.3, -0.25) is 4.79 Å². The zero-order chi connectivity index (χ0) is 11.4. The summed E-state index contributed by atoms with van der Waals surface area (Å²) in [4.78, 5) is 12.0. The molecule has 2 fully saturated rings. The molecule has 92 valence electrons. The summed E-state index contributed by atoms with van der Waals surface area (Å²) in [5.41, 5.74) is 0. The quantitative estimate of drug-likeness (QED) is 0.757. The predicted octanol–water partition coefficient (Wildman–Crippen LogP) is 2.08. The first-order valence-corrected chi connectivity index (χ1v) is 6.73. The summed E-state index contributed by atoms with van der Waals surface area (Å²) in [5, 5.41) is 3.23. The molecule has 1 N–H and O–H groups in total. The van der Waals surface area contributed by atoms with E-state index < -0.39 is 0 Å². The first-order valence-electron chi connectivity index (χ1n) is 6.29. The Hall–Kier alpha value is -0.280. The van der Waals surface area contributed by atoms with Crippen LogP contribution in [0, 0.1) is 5.92 Å². The summed E-state index contributed by atoms with van der Waals surface area (Å²) in [7, 11) is 0. The fourth-order valence-electron chi connectivity index (χ4n) is 2.51. The van der Waals surface area contributed by atoms with E-state index in [-0.39, 0.29) is 23.2 Å². The van der Waals surface area contributed by atoms with Gasteiger partial charge in [0, 0.05) is 25.2 Å². The Labute approximate surface area is 102 Å². The summed E-state index contributed by atoms with van der Waals surface area (Å²) < 4.78 is 5.25. The van der Waals surface area contributed by atoms with Crippen molar-refractivity contribution >= 4 is 17.5 Å². The van der Waals surface area contributed by atoms with Crippen molar-refractivity contribution in [1.29, 1.82) is 0 Å². The van der Waals surface area contributed by atoms with E-state index in [0.29, 0.717) is 13.2 Å². The van der Waals surface area contributed by atoms with Gasteiger partial charge >= 0.3 is 0 Å². The van der Waals surface area contributed by atoms with Gasteiger partial charge < -0.3 is 10.1 Å². The van der Waals surface area contributed by atoms with Gasteiger partial charge in [0.1, 0.15) is 0 Å². The average molecular weight is 246 g/mol. The van der Waals surface area contributed by atoms with Gasteiger partial charge in [-0.15, -0.1) is 11.6 Å². The third-order valence-electron chi connectivity index (χ3n) is 3.60. The van der Waals surface area contributed by atoms with Crippen LogP contribution >= 0.6 is 11.6 Å². The second-order valence-corrected chi connectivity index (χ2v) is 5.36. The lowest BCUT2D eigenvalue weighted by molar-refractivity contribution is -0.128. The lowest BCUT2D eigenvalue weighted by Crippen LogP contribution is -2.46. The van der Waals surface area contributed by atoms with Gasteiger partial charge in [-0.2, -0.15) is 0 Å². The zero-order valence-electron chi connectivity index (χ0n) is 9.58. The van der Waals surface area contributed by atoms with Crippen molar-refractivity contribution in [2.75, 3.05) is 13.2 Å². The molecule has 2 rings (SSSR count). The van der Waals surface area contributed by atoms with Crippen molar-refractivity contribution in [2.24, 2.45) is 5.92 Å². The maximum Gasteiger partial charge on any atom is 0.223 e. The molecule has 4 heteroatoms. The SMILES string of the molecule is O=C(NC1CCCCC1Cl)C1CCOCC1. The van der Waals surface area contributed by atoms with E-state index >= 15 is 0 Å². The van der Waals surface area contributed by atoms with E-state index in [2.05, 4.69) is 5.32 Å². The number of rotatable bonds is 2. The molecule has 3 nitrogen and oxygen atoms in total. The number of carbonyl (C=O) groups excluding carboxylic acids is 1. The van der Waals surface area contributed by atoms with E-state index in [4.69, 9.17) is 16.3 Å². The number of hydrogen-bond acceptors (Lipinski definition) is 2. The van der Waals surface area contributed by atoms with Crippen LogP contribution in [0.25, 0.3) is 0 Å². The van der Waals surface area contributed by atoms with Crippen LogP contribution in [-0.4, -0.2) is 30.5 Å². The topological polar surface area (TPSA) is 38.3 Å².